The van der Waals surface area contributed by atoms with Crippen LogP contribution in [0.15, 0.2) is 54.6 Å². The van der Waals surface area contributed by atoms with Crippen LogP contribution in [-0.4, -0.2) is 104 Å². The van der Waals surface area contributed by atoms with E-state index in [-0.39, 0.29) is 32.0 Å². The molecule has 3 atom stereocenters. The number of carbonyl (C=O) groups excluding carboxylic acids is 5. The Morgan fingerprint density at radius 2 is 1.64 bits per heavy atom. The lowest BCUT2D eigenvalue weighted by Gasteiger charge is -2.30. The number of rotatable bonds is 7. The van der Waals surface area contributed by atoms with Gasteiger partial charge in [0.05, 0.1) is 13.1 Å². The van der Waals surface area contributed by atoms with Gasteiger partial charge in [-0.1, -0.05) is 56.3 Å². The molecule has 0 bridgehead atoms. The fourth-order valence-electron chi connectivity index (χ4n) is 5.26. The monoisotopic (exact) mass is 645 g/mol. The molecule has 1 saturated heterocycles. The van der Waals surface area contributed by atoms with Crippen molar-refractivity contribution in [3.05, 3.63) is 77.1 Å². The van der Waals surface area contributed by atoms with Crippen LogP contribution in [0.25, 0.3) is 0 Å². The van der Waals surface area contributed by atoms with Crippen LogP contribution in [0.5, 0.6) is 0 Å². The Morgan fingerprint density at radius 3 is 2.28 bits per heavy atom. The molecule has 0 radical (unpaired) electrons. The quantitative estimate of drug-likeness (QED) is 0.337. The van der Waals surface area contributed by atoms with Gasteiger partial charge in [0.2, 0.25) is 23.6 Å². The summed E-state index contributed by atoms with van der Waals surface area (Å²) in [5.41, 5.74) is 2.06. The molecule has 250 valence electrons. The van der Waals surface area contributed by atoms with Crippen LogP contribution < -0.4 is 16.0 Å². The van der Waals surface area contributed by atoms with Crippen LogP contribution in [0, 0.1) is 12.8 Å². The van der Waals surface area contributed by atoms with Crippen LogP contribution in [0.2, 0.25) is 0 Å². The highest BCUT2D eigenvalue weighted by Gasteiger charge is 2.33. The topological polar surface area (TPSA) is 172 Å². The van der Waals surface area contributed by atoms with Crippen molar-refractivity contribution in [1.29, 1.82) is 0 Å². The summed E-state index contributed by atoms with van der Waals surface area (Å²) >= 11 is 0. The Morgan fingerprint density at radius 1 is 0.936 bits per heavy atom. The zero-order chi connectivity index (χ0) is 34.1. The average molecular weight is 646 g/mol. The molecule has 0 aliphatic carbocycles. The largest absolute Gasteiger partial charge is 0.353 e. The number of hydrogen-bond acceptors (Lipinski definition) is 8. The minimum atomic E-state index is -0.937. The highest BCUT2D eigenvalue weighted by Crippen LogP contribution is 2.13. The Balaban J connectivity index is 1.60. The molecule has 3 N–H and O–H groups in total. The molecule has 14 heteroatoms. The maximum absolute atomic E-state index is 13.7. The maximum atomic E-state index is 13.7. The van der Waals surface area contributed by atoms with Gasteiger partial charge in [0, 0.05) is 32.1 Å². The number of tetrazole rings is 1. The van der Waals surface area contributed by atoms with Crippen molar-refractivity contribution in [2.45, 2.75) is 65.2 Å². The number of likely N-dealkylation sites (N-methyl/N-ethyl adjacent to an activating group) is 1. The molecule has 4 rings (SSSR count). The molecule has 1 aliphatic rings. The van der Waals surface area contributed by atoms with Crippen molar-refractivity contribution in [2.24, 2.45) is 5.92 Å². The van der Waals surface area contributed by atoms with E-state index in [9.17, 15) is 24.0 Å². The average Bonchev–Trinajstić information content (AvgIpc) is 3.45. The van der Waals surface area contributed by atoms with E-state index in [0.29, 0.717) is 24.4 Å². The molecule has 0 unspecified atom stereocenters. The van der Waals surface area contributed by atoms with E-state index in [0.717, 1.165) is 11.1 Å². The molecule has 0 saturated carbocycles. The van der Waals surface area contributed by atoms with Gasteiger partial charge < -0.3 is 25.8 Å². The van der Waals surface area contributed by atoms with E-state index in [4.69, 9.17) is 0 Å². The minimum absolute atomic E-state index is 0.00860. The van der Waals surface area contributed by atoms with Gasteiger partial charge in [0.15, 0.2) is 0 Å². The standard InChI is InChI=1S/C33H43N9O5/c1-21(2)17-28-33(47)40(5)22(3)30(44)36-27(18-24-9-7-6-8-10-24)31(45)34-15-16-41(20-29(43)35-28)32(46)26-13-11-25(12-14-26)19-42-23(4)37-38-39-42/h6-14,21-22,27-28H,15-20H2,1-5H3,(H,34,45)(H,35,43)(H,36,44)/t22-,27-,28-/m0/s1. The van der Waals surface area contributed by atoms with Gasteiger partial charge in [-0.3, -0.25) is 24.0 Å². The third kappa shape index (κ3) is 9.44. The Bertz CT molecular complexity index is 1560. The molecule has 2 heterocycles. The summed E-state index contributed by atoms with van der Waals surface area (Å²) in [7, 11) is 1.50. The summed E-state index contributed by atoms with van der Waals surface area (Å²) < 4.78 is 1.63. The number of carbonyl (C=O) groups is 5. The number of benzene rings is 2. The Labute approximate surface area is 274 Å². The third-order valence-electron chi connectivity index (χ3n) is 8.11. The minimum Gasteiger partial charge on any atom is -0.353 e. The zero-order valence-electron chi connectivity index (χ0n) is 27.5. The first kappa shape index (κ1) is 34.7. The predicted molar refractivity (Wildman–Crippen MR) is 173 cm³/mol. The molecule has 47 heavy (non-hydrogen) atoms. The number of hydrogen-bond donors (Lipinski definition) is 3. The Hall–Kier alpha value is -5.14. The van der Waals surface area contributed by atoms with Gasteiger partial charge in [-0.15, -0.1) is 5.10 Å². The molecule has 3 aromatic rings. The molecular formula is C33H43N9O5. The molecule has 0 spiro atoms. The lowest BCUT2D eigenvalue weighted by atomic mass is 10.0. The van der Waals surface area contributed by atoms with Gasteiger partial charge in [-0.05, 0) is 59.9 Å². The van der Waals surface area contributed by atoms with Gasteiger partial charge in [-0.2, -0.15) is 0 Å². The smallest absolute Gasteiger partial charge is 0.254 e. The summed E-state index contributed by atoms with van der Waals surface area (Å²) in [6, 6.07) is 13.4. The van der Waals surface area contributed by atoms with Crippen molar-refractivity contribution in [3.63, 3.8) is 0 Å². The zero-order valence-corrected chi connectivity index (χ0v) is 27.5. The SMILES string of the molecule is Cc1nnnn1Cc1ccc(C(=O)N2CCNC(=O)[C@H](Cc3ccccc3)NC(=O)[C@H](C)N(C)C(=O)[C@H](CC(C)C)NC(=O)C2)cc1. The van der Waals surface area contributed by atoms with E-state index in [2.05, 4.69) is 31.5 Å². The van der Waals surface area contributed by atoms with Crippen molar-refractivity contribution in [3.8, 4) is 0 Å². The first-order valence-electron chi connectivity index (χ1n) is 15.7. The fourth-order valence-corrected chi connectivity index (χ4v) is 5.26. The fraction of sp³-hybridized carbons (Fsp3) is 0.455. The molecule has 2 aromatic carbocycles. The summed E-state index contributed by atoms with van der Waals surface area (Å²) in [6.45, 7) is 7.34. The molecule has 1 aliphatic heterocycles. The summed E-state index contributed by atoms with van der Waals surface area (Å²) in [5, 5.41) is 19.9. The number of aromatic nitrogens is 4. The predicted octanol–water partition coefficient (Wildman–Crippen LogP) is 0.707. The van der Waals surface area contributed by atoms with Crippen LogP contribution in [0.1, 0.15) is 54.5 Å². The maximum Gasteiger partial charge on any atom is 0.254 e. The van der Waals surface area contributed by atoms with E-state index in [1.807, 2.05) is 44.2 Å². The van der Waals surface area contributed by atoms with Gasteiger partial charge in [-0.25, -0.2) is 4.68 Å². The van der Waals surface area contributed by atoms with E-state index in [1.54, 1.807) is 42.8 Å². The van der Waals surface area contributed by atoms with Gasteiger partial charge in [0.1, 0.15) is 23.9 Å². The highest BCUT2D eigenvalue weighted by molar-refractivity contribution is 5.98. The van der Waals surface area contributed by atoms with E-state index in [1.165, 1.54) is 16.8 Å². The number of amides is 5. The van der Waals surface area contributed by atoms with E-state index >= 15 is 0 Å². The second kappa shape index (κ2) is 15.9. The lowest BCUT2D eigenvalue weighted by molar-refractivity contribution is -0.142. The summed E-state index contributed by atoms with van der Waals surface area (Å²) in [6.07, 6.45) is 0.550. The second-order valence-electron chi connectivity index (χ2n) is 12.2. The van der Waals surface area contributed by atoms with E-state index < -0.39 is 47.7 Å². The van der Waals surface area contributed by atoms with Crippen molar-refractivity contribution in [1.82, 2.24) is 46.0 Å². The normalized spacial score (nSPS) is 20.3. The third-order valence-corrected chi connectivity index (χ3v) is 8.11. The first-order valence-corrected chi connectivity index (χ1v) is 15.7. The molecule has 1 fully saturated rings. The lowest BCUT2D eigenvalue weighted by Crippen LogP contribution is -2.57. The Kier molecular flexibility index (Phi) is 11.8. The van der Waals surface area contributed by atoms with Gasteiger partial charge >= 0.3 is 0 Å². The van der Waals surface area contributed by atoms with Crippen LogP contribution in [0.3, 0.4) is 0 Å². The molecular weight excluding hydrogens is 602 g/mol. The number of nitrogens with zero attached hydrogens (tertiary/aromatic N) is 6. The van der Waals surface area contributed by atoms with Crippen LogP contribution in [-0.2, 0) is 32.1 Å². The summed E-state index contributed by atoms with van der Waals surface area (Å²) in [5.74, 6) is -1.64. The number of nitrogens with one attached hydrogen (secondary N) is 3. The van der Waals surface area contributed by atoms with Crippen molar-refractivity contribution >= 4 is 29.5 Å². The molecule has 5 amide bonds. The first-order chi connectivity index (χ1) is 22.4. The molecule has 1 aromatic heterocycles. The van der Waals surface area contributed by atoms with Crippen molar-refractivity contribution in [2.75, 3.05) is 26.7 Å². The summed E-state index contributed by atoms with van der Waals surface area (Å²) in [4.78, 5) is 70.1. The molecule has 14 nitrogen and oxygen atoms in total. The van der Waals surface area contributed by atoms with Crippen LogP contribution >= 0.6 is 0 Å². The van der Waals surface area contributed by atoms with Crippen molar-refractivity contribution < 1.29 is 24.0 Å². The van der Waals surface area contributed by atoms with Crippen LogP contribution in [0.4, 0.5) is 0 Å². The highest BCUT2D eigenvalue weighted by atomic mass is 16.2. The van der Waals surface area contributed by atoms with Gasteiger partial charge in [0.25, 0.3) is 5.91 Å². The second-order valence-corrected chi connectivity index (χ2v) is 12.2. The number of aryl methyl sites for hydroxylation is 1.